The Balaban J connectivity index is 2.63. The van der Waals surface area contributed by atoms with Gasteiger partial charge in [0.25, 0.3) is 0 Å². The zero-order valence-electron chi connectivity index (χ0n) is 27.4. The lowest BCUT2D eigenvalue weighted by Crippen LogP contribution is -2.57. The molecule has 1 aliphatic heterocycles. The van der Waals surface area contributed by atoms with E-state index in [9.17, 15) is 5.11 Å². The van der Waals surface area contributed by atoms with Crippen LogP contribution in [0.2, 0.25) is 54.4 Å². The van der Waals surface area contributed by atoms with E-state index in [1.807, 2.05) is 24.3 Å². The van der Waals surface area contributed by atoms with E-state index < -0.39 is 49.1 Å². The largest absolute Gasteiger partial charge is 0.414 e. The van der Waals surface area contributed by atoms with E-state index in [1.165, 1.54) is 0 Å². The fourth-order valence-electron chi connectivity index (χ4n) is 3.85. The molecule has 2 rings (SSSR count). The van der Waals surface area contributed by atoms with Gasteiger partial charge in [0.15, 0.2) is 30.7 Å². The highest BCUT2D eigenvalue weighted by atomic mass is 79.9. The number of halogens is 1. The minimum absolute atomic E-state index is 0.0114. The summed E-state index contributed by atoms with van der Waals surface area (Å²) in [5.74, 6) is -1.56. The van der Waals surface area contributed by atoms with E-state index >= 15 is 0 Å². The van der Waals surface area contributed by atoms with Gasteiger partial charge in [0.1, 0.15) is 18.3 Å². The number of hydrogen-bond donors (Lipinski definition) is 1. The van der Waals surface area contributed by atoms with Crippen molar-refractivity contribution in [2.45, 2.75) is 147 Å². The molecule has 0 radical (unpaired) electrons. The molecule has 1 aliphatic rings. The number of hydrogen-bond acceptors (Lipinski definition) is 5. The fraction of sp³-hybridized carbons (Fsp3) is 0.800. The van der Waals surface area contributed by atoms with Crippen molar-refractivity contribution in [3.05, 3.63) is 34.3 Å². The molecule has 9 heteroatoms. The number of rotatable bonds is 9. The van der Waals surface area contributed by atoms with Crippen LogP contribution in [0.25, 0.3) is 0 Å². The second kappa shape index (κ2) is 11.7. The highest BCUT2D eigenvalue weighted by Crippen LogP contribution is 2.47. The van der Waals surface area contributed by atoms with Gasteiger partial charge in [-0.1, -0.05) is 96.4 Å². The number of ether oxygens (including phenoxy) is 1. The highest BCUT2D eigenvalue weighted by Gasteiger charge is 2.60. The summed E-state index contributed by atoms with van der Waals surface area (Å²) in [4.78, 5) is 0. The highest BCUT2D eigenvalue weighted by molar-refractivity contribution is 9.10. The Bertz CT molecular complexity index is 978. The van der Waals surface area contributed by atoms with Gasteiger partial charge in [-0.15, -0.1) is 0 Å². The molecule has 1 saturated heterocycles. The normalized spacial score (nSPS) is 25.8. The van der Waals surface area contributed by atoms with Crippen LogP contribution in [0.4, 0.5) is 0 Å². The summed E-state index contributed by atoms with van der Waals surface area (Å²) in [7, 11) is -6.65. The Labute approximate surface area is 251 Å². The lowest BCUT2D eigenvalue weighted by atomic mass is 9.98. The molecule has 1 aromatic rings. The summed E-state index contributed by atoms with van der Waals surface area (Å²) >= 11 is 3.68. The molecule has 0 aromatic heterocycles. The summed E-state index contributed by atoms with van der Waals surface area (Å²) in [6, 6.07) is 8.00. The fourth-order valence-corrected chi connectivity index (χ4v) is 7.90. The molecule has 0 aliphatic carbocycles. The first-order valence-electron chi connectivity index (χ1n) is 14.4. The zero-order valence-corrected chi connectivity index (χ0v) is 32.0. The van der Waals surface area contributed by atoms with Gasteiger partial charge in [0, 0.05) is 10.9 Å². The van der Waals surface area contributed by atoms with Crippen LogP contribution in [0.5, 0.6) is 0 Å². The van der Waals surface area contributed by atoms with E-state index in [0.29, 0.717) is 13.0 Å². The van der Waals surface area contributed by atoms with Gasteiger partial charge >= 0.3 is 0 Å². The van der Waals surface area contributed by atoms with Crippen LogP contribution < -0.4 is 0 Å². The molecule has 1 N–H and O–H groups in total. The third-order valence-electron chi connectivity index (χ3n) is 9.75. The minimum Gasteiger partial charge on any atom is -0.414 e. The molecule has 0 bridgehead atoms. The second-order valence-corrected chi connectivity index (χ2v) is 31.2. The molecule has 39 heavy (non-hydrogen) atoms. The van der Waals surface area contributed by atoms with Gasteiger partial charge in [-0.25, -0.2) is 0 Å². The van der Waals surface area contributed by atoms with Crippen molar-refractivity contribution in [1.29, 1.82) is 0 Å². The number of benzene rings is 1. The molecular weight excluding hydrogens is 604 g/mol. The first kappa shape index (κ1) is 35.3. The van der Waals surface area contributed by atoms with Crippen molar-refractivity contribution in [3.8, 4) is 0 Å². The predicted octanol–water partition coefficient (Wildman–Crippen LogP) is 8.88. The molecule has 0 spiro atoms. The lowest BCUT2D eigenvalue weighted by Gasteiger charge is -2.45. The predicted molar refractivity (Wildman–Crippen MR) is 175 cm³/mol. The lowest BCUT2D eigenvalue weighted by molar-refractivity contribution is -0.225. The third kappa shape index (κ3) is 8.16. The molecule has 226 valence electrons. The average molecular weight is 662 g/mol. The van der Waals surface area contributed by atoms with Crippen LogP contribution in [0.3, 0.4) is 0 Å². The summed E-state index contributed by atoms with van der Waals surface area (Å²) < 4.78 is 28.6. The topological polar surface area (TPSA) is 57.2 Å². The Morgan fingerprint density at radius 3 is 1.72 bits per heavy atom. The molecule has 1 heterocycles. The van der Waals surface area contributed by atoms with Gasteiger partial charge in [0.05, 0.1) is 6.61 Å². The van der Waals surface area contributed by atoms with Crippen molar-refractivity contribution in [3.63, 3.8) is 0 Å². The first-order chi connectivity index (χ1) is 17.2. The maximum absolute atomic E-state index is 12.4. The van der Waals surface area contributed by atoms with Gasteiger partial charge < -0.3 is 23.1 Å². The smallest absolute Gasteiger partial charge is 0.198 e. The van der Waals surface area contributed by atoms with Crippen molar-refractivity contribution in [2.75, 3.05) is 6.61 Å². The van der Waals surface area contributed by atoms with Crippen LogP contribution in [-0.4, -0.2) is 60.8 Å². The standard InChI is InChI=1S/C30H57BrO5Si3/c1-27(2,3)37(10,11)33-21-24-25(35-38(12,13)28(4,5)6)26(36-39(14,15)29(7,8)9)30(32,34-24)20-22-18-16-17-19-23(22)31/h16-19,24-26,32H,20-21H2,1-15H3/t24-,25-,26-,30+/m1/s1. The molecule has 4 atom stereocenters. The van der Waals surface area contributed by atoms with Crippen LogP contribution in [0, 0.1) is 0 Å². The maximum Gasteiger partial charge on any atom is 0.198 e. The van der Waals surface area contributed by atoms with Crippen molar-refractivity contribution in [2.24, 2.45) is 0 Å². The molecule has 5 nitrogen and oxygen atoms in total. The monoisotopic (exact) mass is 660 g/mol. The van der Waals surface area contributed by atoms with E-state index in [4.69, 9.17) is 18.0 Å². The molecule has 0 saturated carbocycles. The Kier molecular flexibility index (Phi) is 10.6. The van der Waals surface area contributed by atoms with Crippen LogP contribution >= 0.6 is 15.9 Å². The Morgan fingerprint density at radius 2 is 1.26 bits per heavy atom. The molecular formula is C30H57BrO5Si3. The quantitative estimate of drug-likeness (QED) is 0.268. The Hall–Kier alpha value is 0.151. The summed E-state index contributed by atoms with van der Waals surface area (Å²) in [5, 5.41) is 12.4. The SMILES string of the molecule is CC(C)(C)[Si](C)(C)OC[C@H]1O[C@@](O)(Cc2ccccc2Br)[C@H](O[Si](C)(C)C(C)(C)C)[C@@H]1O[Si](C)(C)C(C)(C)C. The van der Waals surface area contributed by atoms with Crippen molar-refractivity contribution >= 4 is 40.9 Å². The third-order valence-corrected chi connectivity index (χ3v) is 23.9. The van der Waals surface area contributed by atoms with E-state index in [2.05, 4.69) is 118 Å². The summed E-state index contributed by atoms with van der Waals surface area (Å²) in [6.07, 6.45) is -1.25. The first-order valence-corrected chi connectivity index (χ1v) is 23.9. The van der Waals surface area contributed by atoms with Crippen LogP contribution in [-0.2, 0) is 24.4 Å². The molecule has 1 fully saturated rings. The van der Waals surface area contributed by atoms with E-state index in [-0.39, 0.29) is 15.1 Å². The summed E-state index contributed by atoms with van der Waals surface area (Å²) in [6.45, 7) is 34.0. The molecule has 1 aromatic carbocycles. The van der Waals surface area contributed by atoms with E-state index in [0.717, 1.165) is 10.0 Å². The van der Waals surface area contributed by atoms with Gasteiger partial charge in [-0.3, -0.25) is 0 Å². The second-order valence-electron chi connectivity index (χ2n) is 16.0. The van der Waals surface area contributed by atoms with Crippen molar-refractivity contribution < 1.29 is 23.1 Å². The number of aliphatic hydroxyl groups is 1. The summed E-state index contributed by atoms with van der Waals surface area (Å²) in [5.41, 5.74) is 0.973. The van der Waals surface area contributed by atoms with Gasteiger partial charge in [0.2, 0.25) is 0 Å². The van der Waals surface area contributed by atoms with Crippen LogP contribution in [0.15, 0.2) is 28.7 Å². The van der Waals surface area contributed by atoms with Crippen molar-refractivity contribution in [1.82, 2.24) is 0 Å². The molecule has 0 unspecified atom stereocenters. The Morgan fingerprint density at radius 1 is 0.795 bits per heavy atom. The maximum atomic E-state index is 12.4. The van der Waals surface area contributed by atoms with Crippen LogP contribution in [0.1, 0.15) is 67.9 Å². The minimum atomic E-state index is -2.32. The van der Waals surface area contributed by atoms with E-state index in [1.54, 1.807) is 0 Å². The zero-order chi connectivity index (χ0) is 30.5. The average Bonchev–Trinajstić information content (AvgIpc) is 2.96. The molecule has 0 amide bonds. The van der Waals surface area contributed by atoms with Gasteiger partial charge in [-0.2, -0.15) is 0 Å². The van der Waals surface area contributed by atoms with Gasteiger partial charge in [-0.05, 0) is 66.0 Å².